The van der Waals surface area contributed by atoms with Crippen molar-refractivity contribution in [1.82, 2.24) is 14.8 Å². The van der Waals surface area contributed by atoms with Crippen molar-refractivity contribution < 1.29 is 23.1 Å². The largest absolute Gasteiger partial charge is 0.477 e. The molecule has 10 nitrogen and oxygen atoms in total. The fraction of sp³-hybridized carbons (Fsp3) is 0.208. The highest BCUT2D eigenvalue weighted by molar-refractivity contribution is 7.89. The molecule has 2 aromatic heterocycles. The molecule has 180 valence electrons. The quantitative estimate of drug-likeness (QED) is 0.432. The molecule has 0 saturated carbocycles. The first-order chi connectivity index (χ1) is 16.7. The van der Waals surface area contributed by atoms with Gasteiger partial charge in [0.1, 0.15) is 0 Å². The second kappa shape index (κ2) is 8.77. The molecule has 1 saturated heterocycles. The molecule has 0 spiro atoms. The van der Waals surface area contributed by atoms with Gasteiger partial charge < -0.3 is 14.7 Å². The number of aromatic carboxylic acids is 1. The maximum Gasteiger partial charge on any atom is 0.354 e. The fourth-order valence-corrected chi connectivity index (χ4v) is 4.83. The molecule has 35 heavy (non-hydrogen) atoms. The number of nitrogens with zero attached hydrogens (tertiary/aromatic N) is 4. The van der Waals surface area contributed by atoms with Crippen LogP contribution in [0.1, 0.15) is 16.2 Å². The Kier molecular flexibility index (Phi) is 5.75. The number of hydrogen-bond donors (Lipinski definition) is 2. The number of ether oxygens (including phenoxy) is 1. The molecule has 3 N–H and O–H groups in total. The van der Waals surface area contributed by atoms with Gasteiger partial charge in [0, 0.05) is 18.8 Å². The minimum atomic E-state index is -3.93. The maximum atomic E-state index is 11.9. The molecule has 0 amide bonds. The third kappa shape index (κ3) is 4.36. The molecule has 1 aliphatic heterocycles. The number of nitrogens with two attached hydrogens (primary N) is 1. The van der Waals surface area contributed by atoms with Gasteiger partial charge in [0.05, 0.1) is 34.9 Å². The van der Waals surface area contributed by atoms with Crippen LogP contribution in [-0.4, -0.2) is 60.6 Å². The molecule has 11 heteroatoms. The molecule has 1 aliphatic rings. The number of morpholine rings is 1. The van der Waals surface area contributed by atoms with Crippen LogP contribution >= 0.6 is 0 Å². The smallest absolute Gasteiger partial charge is 0.354 e. The van der Waals surface area contributed by atoms with Gasteiger partial charge in [-0.3, -0.25) is 0 Å². The standard InChI is InChI=1S/C24H23N5O5S/c1-15-22-20(16-5-7-17(8-6-16)28-9-11-34-12-10-28)14-21(24(30)31)26-23(22)29(27-15)18-3-2-4-19(13-18)35(25,32)33/h2-8,13-14H,9-12H2,1H3,(H,30,31)(H2,25,32,33). The molecule has 0 atom stereocenters. The Morgan fingerprint density at radius 1 is 1.06 bits per heavy atom. The van der Waals surface area contributed by atoms with Crippen molar-refractivity contribution in [2.75, 3.05) is 31.2 Å². The number of pyridine rings is 1. The molecular weight excluding hydrogens is 470 g/mol. The monoisotopic (exact) mass is 493 g/mol. The van der Waals surface area contributed by atoms with Crippen LogP contribution in [0.3, 0.4) is 0 Å². The van der Waals surface area contributed by atoms with Crippen molar-refractivity contribution in [2.24, 2.45) is 5.14 Å². The number of aromatic nitrogens is 3. The van der Waals surface area contributed by atoms with Gasteiger partial charge in [-0.2, -0.15) is 5.10 Å². The fourth-order valence-electron chi connectivity index (χ4n) is 4.27. The van der Waals surface area contributed by atoms with Crippen LogP contribution < -0.4 is 10.0 Å². The zero-order valence-electron chi connectivity index (χ0n) is 18.9. The summed E-state index contributed by atoms with van der Waals surface area (Å²) in [6.07, 6.45) is 0. The number of rotatable bonds is 5. The number of primary sulfonamides is 1. The van der Waals surface area contributed by atoms with Crippen molar-refractivity contribution in [3.8, 4) is 16.8 Å². The van der Waals surface area contributed by atoms with Gasteiger partial charge in [0.2, 0.25) is 10.0 Å². The predicted octanol–water partition coefficient (Wildman–Crippen LogP) is 2.58. The first kappa shape index (κ1) is 23.0. The molecule has 0 radical (unpaired) electrons. The van der Waals surface area contributed by atoms with Crippen molar-refractivity contribution in [1.29, 1.82) is 0 Å². The van der Waals surface area contributed by atoms with E-state index in [0.717, 1.165) is 24.3 Å². The number of aryl methyl sites for hydroxylation is 1. The highest BCUT2D eigenvalue weighted by Crippen LogP contribution is 2.33. The van der Waals surface area contributed by atoms with Gasteiger partial charge >= 0.3 is 5.97 Å². The van der Waals surface area contributed by atoms with Crippen LogP contribution in [0, 0.1) is 6.92 Å². The molecule has 0 aliphatic carbocycles. The second-order valence-corrected chi connectivity index (χ2v) is 9.81. The summed E-state index contributed by atoms with van der Waals surface area (Å²) in [4.78, 5) is 18.4. The molecule has 4 aromatic rings. The van der Waals surface area contributed by atoms with Crippen LogP contribution in [0.2, 0.25) is 0 Å². The van der Waals surface area contributed by atoms with E-state index < -0.39 is 16.0 Å². The first-order valence-electron chi connectivity index (χ1n) is 10.9. The van der Waals surface area contributed by atoms with E-state index in [1.165, 1.54) is 22.9 Å². The van der Waals surface area contributed by atoms with Gasteiger partial charge in [-0.25, -0.2) is 28.0 Å². The van der Waals surface area contributed by atoms with E-state index in [1.54, 1.807) is 19.1 Å². The number of anilines is 1. The van der Waals surface area contributed by atoms with Crippen molar-refractivity contribution in [2.45, 2.75) is 11.8 Å². The summed E-state index contributed by atoms with van der Waals surface area (Å²) in [6.45, 7) is 4.78. The molecular formula is C24H23N5O5S. The Balaban J connectivity index is 1.67. The number of carboxylic acid groups (broad SMARTS) is 1. The number of carboxylic acids is 1. The lowest BCUT2D eigenvalue weighted by Gasteiger charge is -2.29. The SMILES string of the molecule is Cc1nn(-c2cccc(S(N)(=O)=O)c2)c2nc(C(=O)O)cc(-c3ccc(N4CCOCC4)cc3)c12. The third-order valence-electron chi connectivity index (χ3n) is 5.98. The highest BCUT2D eigenvalue weighted by Gasteiger charge is 2.21. The van der Waals surface area contributed by atoms with E-state index in [1.807, 2.05) is 24.3 Å². The zero-order chi connectivity index (χ0) is 24.7. The number of benzene rings is 2. The predicted molar refractivity (Wildman–Crippen MR) is 130 cm³/mol. The zero-order valence-corrected chi connectivity index (χ0v) is 19.7. The summed E-state index contributed by atoms with van der Waals surface area (Å²) < 4.78 is 30.6. The van der Waals surface area contributed by atoms with E-state index in [2.05, 4.69) is 15.0 Å². The summed E-state index contributed by atoms with van der Waals surface area (Å²) in [5.41, 5.74) is 3.74. The summed E-state index contributed by atoms with van der Waals surface area (Å²) in [6, 6.07) is 15.4. The summed E-state index contributed by atoms with van der Waals surface area (Å²) in [5, 5.41) is 20.3. The van der Waals surface area contributed by atoms with Gasteiger partial charge in [-0.1, -0.05) is 18.2 Å². The first-order valence-corrected chi connectivity index (χ1v) is 12.5. The van der Waals surface area contributed by atoms with Gasteiger partial charge in [0.15, 0.2) is 11.3 Å². The highest BCUT2D eigenvalue weighted by atomic mass is 32.2. The minimum Gasteiger partial charge on any atom is -0.477 e. The Morgan fingerprint density at radius 2 is 1.77 bits per heavy atom. The van der Waals surface area contributed by atoms with Gasteiger partial charge in [-0.15, -0.1) is 0 Å². The Morgan fingerprint density at radius 3 is 2.43 bits per heavy atom. The summed E-state index contributed by atoms with van der Waals surface area (Å²) in [7, 11) is -3.93. The van der Waals surface area contributed by atoms with Crippen LogP contribution in [-0.2, 0) is 14.8 Å². The Labute approximate surface area is 201 Å². The lowest BCUT2D eigenvalue weighted by molar-refractivity contribution is 0.0691. The van der Waals surface area contributed by atoms with Crippen molar-refractivity contribution >= 4 is 32.7 Å². The van der Waals surface area contributed by atoms with Crippen molar-refractivity contribution in [3.05, 3.63) is 66.0 Å². The van der Waals surface area contributed by atoms with Crippen LogP contribution in [0.5, 0.6) is 0 Å². The second-order valence-electron chi connectivity index (χ2n) is 8.24. The van der Waals surface area contributed by atoms with E-state index in [-0.39, 0.29) is 10.6 Å². The topological polar surface area (TPSA) is 141 Å². The molecule has 5 rings (SSSR count). The normalized spacial score (nSPS) is 14.4. The van der Waals surface area contributed by atoms with Gasteiger partial charge in [0.25, 0.3) is 0 Å². The van der Waals surface area contributed by atoms with Crippen LogP contribution in [0.4, 0.5) is 5.69 Å². The van der Waals surface area contributed by atoms with E-state index in [9.17, 15) is 18.3 Å². The average molecular weight is 494 g/mol. The maximum absolute atomic E-state index is 11.9. The van der Waals surface area contributed by atoms with Crippen LogP contribution in [0.25, 0.3) is 27.8 Å². The van der Waals surface area contributed by atoms with E-state index >= 15 is 0 Å². The Bertz CT molecular complexity index is 1540. The molecule has 2 aromatic carbocycles. The summed E-state index contributed by atoms with van der Waals surface area (Å²) in [5.74, 6) is -1.18. The average Bonchev–Trinajstić information content (AvgIpc) is 3.20. The van der Waals surface area contributed by atoms with Gasteiger partial charge in [-0.05, 0) is 54.4 Å². The van der Waals surface area contributed by atoms with Crippen molar-refractivity contribution in [3.63, 3.8) is 0 Å². The molecule has 1 fully saturated rings. The third-order valence-corrected chi connectivity index (χ3v) is 6.89. The molecule has 3 heterocycles. The number of hydrogen-bond acceptors (Lipinski definition) is 7. The number of fused-ring (bicyclic) bond motifs is 1. The number of sulfonamides is 1. The lowest BCUT2D eigenvalue weighted by atomic mass is 10.0. The molecule has 0 unspecified atom stereocenters. The lowest BCUT2D eigenvalue weighted by Crippen LogP contribution is -2.36. The van der Waals surface area contributed by atoms with Crippen LogP contribution in [0.15, 0.2) is 59.5 Å². The summed E-state index contributed by atoms with van der Waals surface area (Å²) >= 11 is 0. The van der Waals surface area contributed by atoms with E-state index in [0.29, 0.717) is 41.2 Å². The molecule has 0 bridgehead atoms. The number of carbonyl (C=O) groups is 1. The van der Waals surface area contributed by atoms with E-state index in [4.69, 9.17) is 9.88 Å². The minimum absolute atomic E-state index is 0.0791. The Hall–Kier alpha value is -3.80.